The van der Waals surface area contributed by atoms with E-state index in [0.717, 1.165) is 25.1 Å². The van der Waals surface area contributed by atoms with Crippen LogP contribution in [-0.2, 0) is 29.0 Å². The van der Waals surface area contributed by atoms with Crippen LogP contribution in [-0.4, -0.2) is 41.9 Å². The lowest BCUT2D eigenvalue weighted by atomic mass is 9.94. The molecule has 2 aromatic carbocycles. The van der Waals surface area contributed by atoms with E-state index < -0.39 is 0 Å². The zero-order chi connectivity index (χ0) is 20.7. The number of hydrogen-bond donors (Lipinski definition) is 2. The minimum atomic E-state index is -0.125. The van der Waals surface area contributed by atoms with Gasteiger partial charge in [0.05, 0.1) is 6.42 Å². The van der Waals surface area contributed by atoms with Gasteiger partial charge in [-0.05, 0) is 37.0 Å². The van der Waals surface area contributed by atoms with Crippen LogP contribution >= 0.6 is 0 Å². The average molecular weight is 394 g/mol. The standard InChI is InChI=1S/C24H31N3O2/c1-24(2,27-15-13-20-10-6-7-11-21(20)17-27)18-26-22(28)12-14-25-23(29)16-19-8-4-3-5-9-19/h3-11H,12-18H2,1-2H3,(H,25,29)(H,26,28). The summed E-state index contributed by atoms with van der Waals surface area (Å²) < 4.78 is 0. The minimum absolute atomic E-state index is 0.0319. The maximum absolute atomic E-state index is 12.2. The molecule has 29 heavy (non-hydrogen) atoms. The molecule has 0 saturated heterocycles. The van der Waals surface area contributed by atoms with Gasteiger partial charge in [-0.15, -0.1) is 0 Å². The van der Waals surface area contributed by atoms with Gasteiger partial charge < -0.3 is 10.6 Å². The molecule has 1 heterocycles. The third-order valence-electron chi connectivity index (χ3n) is 5.59. The Hall–Kier alpha value is -2.66. The Morgan fingerprint density at radius 3 is 2.38 bits per heavy atom. The Labute approximate surface area is 173 Å². The van der Waals surface area contributed by atoms with Crippen molar-refractivity contribution in [1.82, 2.24) is 15.5 Å². The first-order chi connectivity index (χ1) is 13.9. The van der Waals surface area contributed by atoms with Crippen molar-refractivity contribution in [2.24, 2.45) is 0 Å². The summed E-state index contributed by atoms with van der Waals surface area (Å²) in [7, 11) is 0. The molecule has 2 amide bonds. The predicted octanol–water partition coefficient (Wildman–Crippen LogP) is 2.69. The highest BCUT2D eigenvalue weighted by Gasteiger charge is 2.29. The van der Waals surface area contributed by atoms with Crippen LogP contribution in [0.3, 0.4) is 0 Å². The maximum Gasteiger partial charge on any atom is 0.224 e. The van der Waals surface area contributed by atoms with Crippen LogP contribution in [0.5, 0.6) is 0 Å². The van der Waals surface area contributed by atoms with Crippen molar-refractivity contribution in [3.05, 3.63) is 71.3 Å². The van der Waals surface area contributed by atoms with E-state index in [2.05, 4.69) is 53.6 Å². The van der Waals surface area contributed by atoms with Crippen molar-refractivity contribution in [3.8, 4) is 0 Å². The van der Waals surface area contributed by atoms with Crippen molar-refractivity contribution in [2.75, 3.05) is 19.6 Å². The fraction of sp³-hybridized carbons (Fsp3) is 0.417. The van der Waals surface area contributed by atoms with E-state index in [9.17, 15) is 9.59 Å². The third-order valence-corrected chi connectivity index (χ3v) is 5.59. The zero-order valence-electron chi connectivity index (χ0n) is 17.4. The number of carbonyl (C=O) groups excluding carboxylic acids is 2. The first-order valence-electron chi connectivity index (χ1n) is 10.3. The SMILES string of the molecule is CC(C)(CNC(=O)CCNC(=O)Cc1ccccc1)N1CCc2ccccc2C1. The van der Waals surface area contributed by atoms with Gasteiger partial charge in [-0.1, -0.05) is 54.6 Å². The van der Waals surface area contributed by atoms with E-state index in [1.54, 1.807) is 0 Å². The number of amides is 2. The predicted molar refractivity (Wildman–Crippen MR) is 115 cm³/mol. The van der Waals surface area contributed by atoms with Gasteiger partial charge in [-0.3, -0.25) is 14.5 Å². The highest BCUT2D eigenvalue weighted by atomic mass is 16.2. The average Bonchev–Trinajstić information content (AvgIpc) is 2.72. The van der Waals surface area contributed by atoms with Crippen LogP contribution in [0, 0.1) is 0 Å². The summed E-state index contributed by atoms with van der Waals surface area (Å²) in [5.74, 6) is -0.0909. The molecule has 0 spiro atoms. The summed E-state index contributed by atoms with van der Waals surface area (Å²) in [6, 6.07) is 18.2. The molecule has 1 aliphatic heterocycles. The van der Waals surface area contributed by atoms with E-state index in [-0.39, 0.29) is 17.4 Å². The normalized spacial score (nSPS) is 14.1. The molecule has 0 atom stereocenters. The van der Waals surface area contributed by atoms with Gasteiger partial charge in [-0.25, -0.2) is 0 Å². The number of hydrogen-bond acceptors (Lipinski definition) is 3. The van der Waals surface area contributed by atoms with Gasteiger partial charge in [0.1, 0.15) is 0 Å². The third kappa shape index (κ3) is 6.16. The number of benzene rings is 2. The summed E-state index contributed by atoms with van der Waals surface area (Å²) in [6.07, 6.45) is 1.67. The molecule has 0 aromatic heterocycles. The van der Waals surface area contributed by atoms with Crippen LogP contribution in [0.1, 0.15) is 37.0 Å². The van der Waals surface area contributed by atoms with E-state index in [1.807, 2.05) is 30.3 Å². The van der Waals surface area contributed by atoms with Crippen molar-refractivity contribution < 1.29 is 9.59 Å². The molecule has 0 unspecified atom stereocenters. The molecule has 2 N–H and O–H groups in total. The van der Waals surface area contributed by atoms with Crippen molar-refractivity contribution in [1.29, 1.82) is 0 Å². The number of fused-ring (bicyclic) bond motifs is 1. The number of nitrogens with one attached hydrogen (secondary N) is 2. The Bertz CT molecular complexity index is 833. The van der Waals surface area contributed by atoms with Crippen molar-refractivity contribution in [2.45, 2.75) is 45.2 Å². The highest BCUT2D eigenvalue weighted by molar-refractivity contribution is 5.80. The monoisotopic (exact) mass is 393 g/mol. The maximum atomic E-state index is 12.2. The Morgan fingerprint density at radius 1 is 0.931 bits per heavy atom. The number of nitrogens with zero attached hydrogens (tertiary/aromatic N) is 1. The lowest BCUT2D eigenvalue weighted by Crippen LogP contribution is -2.53. The quantitative estimate of drug-likeness (QED) is 0.725. The molecule has 1 aliphatic rings. The summed E-state index contributed by atoms with van der Waals surface area (Å²) in [6.45, 7) is 7.19. The summed E-state index contributed by atoms with van der Waals surface area (Å²) >= 11 is 0. The summed E-state index contributed by atoms with van der Waals surface area (Å²) in [4.78, 5) is 26.6. The molecule has 0 bridgehead atoms. The van der Waals surface area contributed by atoms with Crippen LogP contribution in [0.15, 0.2) is 54.6 Å². The van der Waals surface area contributed by atoms with Gasteiger partial charge >= 0.3 is 0 Å². The minimum Gasteiger partial charge on any atom is -0.355 e. The van der Waals surface area contributed by atoms with Crippen molar-refractivity contribution >= 4 is 11.8 Å². The molecule has 0 radical (unpaired) electrons. The van der Waals surface area contributed by atoms with Gasteiger partial charge in [-0.2, -0.15) is 0 Å². The van der Waals surface area contributed by atoms with Crippen LogP contribution in [0.2, 0.25) is 0 Å². The molecule has 0 aliphatic carbocycles. The number of carbonyl (C=O) groups is 2. The topological polar surface area (TPSA) is 61.4 Å². The van der Waals surface area contributed by atoms with Crippen LogP contribution in [0.25, 0.3) is 0 Å². The molecule has 0 saturated carbocycles. The Morgan fingerprint density at radius 2 is 1.62 bits per heavy atom. The fourth-order valence-corrected chi connectivity index (χ4v) is 3.69. The summed E-state index contributed by atoms with van der Waals surface area (Å²) in [5, 5.41) is 5.86. The van der Waals surface area contributed by atoms with Gasteiger partial charge in [0.15, 0.2) is 0 Å². The summed E-state index contributed by atoms with van der Waals surface area (Å²) in [5.41, 5.74) is 3.65. The zero-order valence-corrected chi connectivity index (χ0v) is 17.4. The van der Waals surface area contributed by atoms with E-state index in [4.69, 9.17) is 0 Å². The Kier molecular flexibility index (Phi) is 7.04. The molecule has 5 nitrogen and oxygen atoms in total. The van der Waals surface area contributed by atoms with Gasteiger partial charge in [0.25, 0.3) is 0 Å². The van der Waals surface area contributed by atoms with E-state index in [1.165, 1.54) is 11.1 Å². The second-order valence-corrected chi connectivity index (χ2v) is 8.29. The van der Waals surface area contributed by atoms with Gasteiger partial charge in [0.2, 0.25) is 11.8 Å². The largest absolute Gasteiger partial charge is 0.355 e. The lowest BCUT2D eigenvalue weighted by Gasteiger charge is -2.41. The lowest BCUT2D eigenvalue weighted by molar-refractivity contribution is -0.122. The molecule has 5 heteroatoms. The number of rotatable bonds is 8. The van der Waals surface area contributed by atoms with Crippen LogP contribution in [0.4, 0.5) is 0 Å². The van der Waals surface area contributed by atoms with Gasteiger partial charge in [0, 0.05) is 38.1 Å². The molecule has 154 valence electrons. The Balaban J connectivity index is 1.38. The van der Waals surface area contributed by atoms with Crippen LogP contribution < -0.4 is 10.6 Å². The molecule has 0 fully saturated rings. The smallest absolute Gasteiger partial charge is 0.224 e. The van der Waals surface area contributed by atoms with E-state index in [0.29, 0.717) is 25.9 Å². The first-order valence-corrected chi connectivity index (χ1v) is 10.3. The van der Waals surface area contributed by atoms with E-state index >= 15 is 0 Å². The molecular weight excluding hydrogens is 362 g/mol. The molecule has 3 rings (SSSR count). The van der Waals surface area contributed by atoms with Crippen molar-refractivity contribution in [3.63, 3.8) is 0 Å². The fourth-order valence-electron chi connectivity index (χ4n) is 3.69. The highest BCUT2D eigenvalue weighted by Crippen LogP contribution is 2.24. The molecular formula is C24H31N3O2. The first kappa shape index (κ1) is 21.1. The molecule has 2 aromatic rings. The second-order valence-electron chi connectivity index (χ2n) is 8.29. The second kappa shape index (κ2) is 9.70.